The molecule has 0 amide bonds. The minimum atomic E-state index is -0.659. The van der Waals surface area contributed by atoms with Gasteiger partial charge in [-0.3, -0.25) is 4.79 Å². The fourth-order valence-electron chi connectivity index (χ4n) is 1.73. The van der Waals surface area contributed by atoms with E-state index in [1.807, 2.05) is 13.8 Å². The van der Waals surface area contributed by atoms with Gasteiger partial charge >= 0.3 is 0 Å². The maximum atomic E-state index is 11.9. The van der Waals surface area contributed by atoms with Crippen molar-refractivity contribution < 1.29 is 4.79 Å². The van der Waals surface area contributed by atoms with Crippen LogP contribution in [0.25, 0.3) is 0 Å². The molecule has 0 saturated heterocycles. The molecule has 0 rings (SSSR count). The summed E-state index contributed by atoms with van der Waals surface area (Å²) in [5, 5.41) is -0.659. The summed E-state index contributed by atoms with van der Waals surface area (Å²) < 4.78 is 0. The second-order valence-electron chi connectivity index (χ2n) is 4.71. The van der Waals surface area contributed by atoms with E-state index in [9.17, 15) is 4.79 Å². The average molecular weight is 194 g/mol. The summed E-state index contributed by atoms with van der Waals surface area (Å²) in [6, 6.07) is 0. The molecule has 0 aromatic rings. The number of hydrogen-bond donors (Lipinski definition) is 0. The van der Waals surface area contributed by atoms with Crippen LogP contribution in [0.5, 0.6) is 0 Å². The highest BCUT2D eigenvalue weighted by Gasteiger charge is 2.27. The Hall–Kier alpha value is -0.265. The molecular weight excluding hydrogens is 171 g/mol. The summed E-state index contributed by atoms with van der Waals surface area (Å²) in [5.74, 6) is 0.410. The quantitative estimate of drug-likeness (QED) is 0.566. The zero-order chi connectivity index (χ0) is 11.2. The standard InChI is InChI=1S/C12H23BO/c1-5-7-9-10(8-6-2)11(14)12(3,4)13/h10H,5-9H2,1-4H3. The smallest absolute Gasteiger partial charge is 0.132 e. The number of carbonyl (C=O) groups excluding carboxylic acids is 1. The van der Waals surface area contributed by atoms with Gasteiger partial charge in [0.2, 0.25) is 0 Å². The molecule has 0 aromatic carbocycles. The summed E-state index contributed by atoms with van der Waals surface area (Å²) in [6.45, 7) is 7.89. The molecule has 1 atom stereocenters. The monoisotopic (exact) mass is 194 g/mol. The summed E-state index contributed by atoms with van der Waals surface area (Å²) in [7, 11) is 5.83. The van der Waals surface area contributed by atoms with Crippen molar-refractivity contribution in [3.8, 4) is 0 Å². The zero-order valence-electron chi connectivity index (χ0n) is 10.1. The summed E-state index contributed by atoms with van der Waals surface area (Å²) >= 11 is 0. The Balaban J connectivity index is 4.25. The molecule has 0 aliphatic carbocycles. The van der Waals surface area contributed by atoms with Gasteiger partial charge in [0.05, 0.1) is 7.85 Å². The van der Waals surface area contributed by atoms with Crippen molar-refractivity contribution in [1.82, 2.24) is 0 Å². The Morgan fingerprint density at radius 1 is 1.21 bits per heavy atom. The second-order valence-corrected chi connectivity index (χ2v) is 4.71. The van der Waals surface area contributed by atoms with Crippen LogP contribution in [0.4, 0.5) is 0 Å². The number of Topliss-reactive ketones (excluding diaryl/α,β-unsaturated/α-hetero) is 1. The van der Waals surface area contributed by atoms with E-state index in [1.165, 1.54) is 0 Å². The molecule has 0 N–H and O–H groups in total. The van der Waals surface area contributed by atoms with Crippen LogP contribution in [0, 0.1) is 5.92 Å². The van der Waals surface area contributed by atoms with Gasteiger partial charge in [-0.1, -0.05) is 47.0 Å². The number of carbonyl (C=O) groups is 1. The van der Waals surface area contributed by atoms with Crippen LogP contribution in [0.3, 0.4) is 0 Å². The first-order chi connectivity index (χ1) is 6.43. The highest BCUT2D eigenvalue weighted by Crippen LogP contribution is 2.29. The maximum absolute atomic E-state index is 11.9. The van der Waals surface area contributed by atoms with E-state index in [2.05, 4.69) is 13.8 Å². The molecule has 0 spiro atoms. The first kappa shape index (κ1) is 13.7. The van der Waals surface area contributed by atoms with Crippen molar-refractivity contribution in [3.05, 3.63) is 0 Å². The van der Waals surface area contributed by atoms with E-state index in [4.69, 9.17) is 7.85 Å². The fraction of sp³-hybridized carbons (Fsp3) is 0.917. The maximum Gasteiger partial charge on any atom is 0.132 e. The third-order valence-electron chi connectivity index (χ3n) is 2.55. The van der Waals surface area contributed by atoms with E-state index in [0.717, 1.165) is 32.1 Å². The minimum Gasteiger partial charge on any atom is -0.300 e. The van der Waals surface area contributed by atoms with Gasteiger partial charge in [-0.25, -0.2) is 0 Å². The Morgan fingerprint density at radius 3 is 2.14 bits per heavy atom. The van der Waals surface area contributed by atoms with Crippen molar-refractivity contribution in [2.75, 3.05) is 0 Å². The molecule has 1 nitrogen and oxygen atoms in total. The summed E-state index contributed by atoms with van der Waals surface area (Å²) in [4.78, 5) is 11.9. The predicted octanol–water partition coefficient (Wildman–Crippen LogP) is 3.53. The molecule has 0 fully saturated rings. The lowest BCUT2D eigenvalue weighted by Crippen LogP contribution is -2.26. The average Bonchev–Trinajstić information content (AvgIpc) is 2.09. The van der Waals surface area contributed by atoms with Gasteiger partial charge in [-0.2, -0.15) is 0 Å². The van der Waals surface area contributed by atoms with Crippen LogP contribution >= 0.6 is 0 Å². The van der Waals surface area contributed by atoms with Gasteiger partial charge in [-0.15, -0.1) is 0 Å². The Morgan fingerprint density at radius 2 is 1.79 bits per heavy atom. The van der Waals surface area contributed by atoms with E-state index < -0.39 is 5.31 Å². The van der Waals surface area contributed by atoms with Crippen LogP contribution in [-0.4, -0.2) is 13.6 Å². The second kappa shape index (κ2) is 6.26. The van der Waals surface area contributed by atoms with Gasteiger partial charge in [0.25, 0.3) is 0 Å². The molecule has 80 valence electrons. The highest BCUT2D eigenvalue weighted by molar-refractivity contribution is 6.28. The van der Waals surface area contributed by atoms with Gasteiger partial charge in [-0.05, 0) is 18.2 Å². The van der Waals surface area contributed by atoms with E-state index in [1.54, 1.807) is 0 Å². The molecular formula is C12H23BO. The molecule has 2 heteroatoms. The third kappa shape index (κ3) is 4.83. The number of hydrogen-bond acceptors (Lipinski definition) is 1. The molecule has 14 heavy (non-hydrogen) atoms. The lowest BCUT2D eigenvalue weighted by Gasteiger charge is -2.24. The van der Waals surface area contributed by atoms with Gasteiger partial charge in [0.15, 0.2) is 0 Å². The van der Waals surface area contributed by atoms with Crippen molar-refractivity contribution >= 4 is 13.6 Å². The van der Waals surface area contributed by atoms with E-state index >= 15 is 0 Å². The zero-order valence-corrected chi connectivity index (χ0v) is 10.1. The highest BCUT2D eigenvalue weighted by atomic mass is 16.1. The lowest BCUT2D eigenvalue weighted by atomic mass is 9.65. The van der Waals surface area contributed by atoms with Crippen LogP contribution in [0.15, 0.2) is 0 Å². The molecule has 2 radical (unpaired) electrons. The van der Waals surface area contributed by atoms with Crippen LogP contribution in [0.2, 0.25) is 5.31 Å². The van der Waals surface area contributed by atoms with Gasteiger partial charge < -0.3 is 0 Å². The van der Waals surface area contributed by atoms with Gasteiger partial charge in [0, 0.05) is 5.92 Å². The van der Waals surface area contributed by atoms with Gasteiger partial charge in [0.1, 0.15) is 5.78 Å². The third-order valence-corrected chi connectivity index (χ3v) is 2.55. The Labute approximate surface area is 90.1 Å². The minimum absolute atomic E-state index is 0.181. The summed E-state index contributed by atoms with van der Waals surface area (Å²) in [5.41, 5.74) is 0. The molecule has 1 unspecified atom stereocenters. The molecule has 0 aliphatic heterocycles. The first-order valence-electron chi connectivity index (χ1n) is 5.76. The SMILES string of the molecule is [B]C(C)(C)C(=O)C(CCC)CCCC. The lowest BCUT2D eigenvalue weighted by molar-refractivity contribution is -0.125. The van der Waals surface area contributed by atoms with Crippen molar-refractivity contribution in [2.45, 2.75) is 65.1 Å². The van der Waals surface area contributed by atoms with E-state index in [-0.39, 0.29) is 11.7 Å². The topological polar surface area (TPSA) is 17.1 Å². The van der Waals surface area contributed by atoms with Crippen molar-refractivity contribution in [1.29, 1.82) is 0 Å². The number of ketones is 1. The number of unbranched alkanes of at least 4 members (excludes halogenated alkanes) is 1. The Bertz CT molecular complexity index is 170. The predicted molar refractivity (Wildman–Crippen MR) is 62.7 cm³/mol. The van der Waals surface area contributed by atoms with Crippen molar-refractivity contribution in [2.24, 2.45) is 5.92 Å². The van der Waals surface area contributed by atoms with Crippen LogP contribution in [0.1, 0.15) is 59.8 Å². The largest absolute Gasteiger partial charge is 0.300 e. The molecule has 0 aromatic heterocycles. The summed E-state index contributed by atoms with van der Waals surface area (Å²) in [6.07, 6.45) is 5.34. The number of rotatable bonds is 7. The molecule has 0 bridgehead atoms. The van der Waals surface area contributed by atoms with Crippen LogP contribution in [-0.2, 0) is 4.79 Å². The Kier molecular flexibility index (Phi) is 6.14. The molecule has 0 saturated carbocycles. The first-order valence-corrected chi connectivity index (χ1v) is 5.76. The fourth-order valence-corrected chi connectivity index (χ4v) is 1.73. The van der Waals surface area contributed by atoms with E-state index in [0.29, 0.717) is 0 Å². The van der Waals surface area contributed by atoms with Crippen molar-refractivity contribution in [3.63, 3.8) is 0 Å². The molecule has 0 aliphatic rings. The van der Waals surface area contributed by atoms with Crippen LogP contribution < -0.4 is 0 Å². The molecule has 0 heterocycles. The normalized spacial score (nSPS) is 14.0.